The smallest absolute Gasteiger partial charge is 0.276 e. The lowest BCUT2D eigenvalue weighted by molar-refractivity contribution is 0.102. The van der Waals surface area contributed by atoms with E-state index in [1.54, 1.807) is 24.0 Å². The molecule has 3 heterocycles. The van der Waals surface area contributed by atoms with E-state index in [0.717, 1.165) is 42.2 Å². The normalized spacial score (nSPS) is 14.2. The maximum atomic E-state index is 13.9. The Balaban J connectivity index is 1.60. The van der Waals surface area contributed by atoms with Crippen LogP contribution in [0, 0.1) is 18.6 Å². The Morgan fingerprint density at radius 3 is 2.61 bits per heavy atom. The molecule has 0 atom stereocenters. The van der Waals surface area contributed by atoms with Crippen molar-refractivity contribution in [3.8, 4) is 0 Å². The van der Waals surface area contributed by atoms with Crippen LogP contribution in [-0.4, -0.2) is 38.7 Å². The highest BCUT2D eigenvalue weighted by Gasteiger charge is 2.24. The fourth-order valence-electron chi connectivity index (χ4n) is 3.63. The number of carbonyl (C=O) groups excluding carboxylic acids is 1. The number of nitrogens with zero attached hydrogens (tertiary/aromatic N) is 5. The minimum absolute atomic E-state index is 0.0791. The SMILES string of the molecule is CC1=C(c2cc(C(=O)Nc3c(F)cccc3F)nn2C)CN(c2ccnc(C)n2)CC1. The van der Waals surface area contributed by atoms with Gasteiger partial charge in [0.2, 0.25) is 0 Å². The summed E-state index contributed by atoms with van der Waals surface area (Å²) in [6.45, 7) is 5.33. The summed E-state index contributed by atoms with van der Waals surface area (Å²) in [5, 5.41) is 6.55. The first-order chi connectivity index (χ1) is 14.8. The number of halogens is 2. The molecule has 0 spiro atoms. The van der Waals surface area contributed by atoms with Gasteiger partial charge in [0.25, 0.3) is 5.91 Å². The zero-order valence-electron chi connectivity index (χ0n) is 17.5. The zero-order valence-corrected chi connectivity index (χ0v) is 17.5. The van der Waals surface area contributed by atoms with Crippen molar-refractivity contribution in [2.45, 2.75) is 20.3 Å². The predicted octanol–water partition coefficient (Wildman–Crippen LogP) is 3.73. The van der Waals surface area contributed by atoms with Gasteiger partial charge < -0.3 is 10.2 Å². The van der Waals surface area contributed by atoms with Gasteiger partial charge in [0, 0.05) is 26.3 Å². The van der Waals surface area contributed by atoms with E-state index >= 15 is 0 Å². The molecule has 4 rings (SSSR count). The van der Waals surface area contributed by atoms with E-state index in [0.29, 0.717) is 12.4 Å². The molecule has 31 heavy (non-hydrogen) atoms. The molecule has 0 aliphatic carbocycles. The molecule has 1 aliphatic rings. The molecule has 1 aromatic carbocycles. The lowest BCUT2D eigenvalue weighted by Gasteiger charge is -2.31. The van der Waals surface area contributed by atoms with Crippen molar-refractivity contribution in [2.75, 3.05) is 23.3 Å². The molecule has 3 aromatic rings. The zero-order chi connectivity index (χ0) is 22.1. The summed E-state index contributed by atoms with van der Waals surface area (Å²) in [5.41, 5.74) is 2.59. The number of nitrogens with one attached hydrogen (secondary N) is 1. The summed E-state index contributed by atoms with van der Waals surface area (Å²) in [6, 6.07) is 6.92. The number of rotatable bonds is 4. The Labute approximate surface area is 178 Å². The van der Waals surface area contributed by atoms with Gasteiger partial charge >= 0.3 is 0 Å². The van der Waals surface area contributed by atoms with Gasteiger partial charge in [0.15, 0.2) is 5.69 Å². The first-order valence-electron chi connectivity index (χ1n) is 9.86. The largest absolute Gasteiger partial charge is 0.352 e. The quantitative estimate of drug-likeness (QED) is 0.691. The van der Waals surface area contributed by atoms with E-state index in [2.05, 4.69) is 32.2 Å². The van der Waals surface area contributed by atoms with Gasteiger partial charge in [0.05, 0.1) is 5.69 Å². The first-order valence-corrected chi connectivity index (χ1v) is 9.86. The van der Waals surface area contributed by atoms with Gasteiger partial charge in [-0.05, 0) is 50.1 Å². The van der Waals surface area contributed by atoms with Crippen LogP contribution < -0.4 is 10.2 Å². The predicted molar refractivity (Wildman–Crippen MR) is 114 cm³/mol. The Morgan fingerprint density at radius 2 is 1.90 bits per heavy atom. The summed E-state index contributed by atoms with van der Waals surface area (Å²) in [6.07, 6.45) is 2.57. The van der Waals surface area contributed by atoms with Gasteiger partial charge in [-0.3, -0.25) is 9.48 Å². The molecule has 0 saturated carbocycles. The molecule has 1 aliphatic heterocycles. The molecule has 0 bridgehead atoms. The lowest BCUT2D eigenvalue weighted by atomic mass is 9.98. The van der Waals surface area contributed by atoms with E-state index in [1.807, 2.05) is 13.0 Å². The van der Waals surface area contributed by atoms with E-state index in [9.17, 15) is 13.6 Å². The third kappa shape index (κ3) is 4.16. The van der Waals surface area contributed by atoms with Crippen molar-refractivity contribution < 1.29 is 13.6 Å². The van der Waals surface area contributed by atoms with Crippen LogP contribution in [0.3, 0.4) is 0 Å². The lowest BCUT2D eigenvalue weighted by Crippen LogP contribution is -2.32. The highest BCUT2D eigenvalue weighted by molar-refractivity contribution is 6.03. The van der Waals surface area contributed by atoms with Crippen LogP contribution in [0.1, 0.15) is 35.4 Å². The fraction of sp³-hybridized carbons (Fsp3) is 0.273. The van der Waals surface area contributed by atoms with Crippen LogP contribution in [0.5, 0.6) is 0 Å². The second-order valence-electron chi connectivity index (χ2n) is 7.48. The van der Waals surface area contributed by atoms with E-state index in [1.165, 1.54) is 11.6 Å². The molecule has 1 N–H and O–H groups in total. The van der Waals surface area contributed by atoms with Crippen molar-refractivity contribution in [3.05, 3.63) is 70.9 Å². The van der Waals surface area contributed by atoms with E-state index in [-0.39, 0.29) is 5.69 Å². The van der Waals surface area contributed by atoms with Gasteiger partial charge in [-0.25, -0.2) is 18.7 Å². The van der Waals surface area contributed by atoms with Crippen LogP contribution in [0.25, 0.3) is 5.57 Å². The molecule has 0 fully saturated rings. The Morgan fingerprint density at radius 1 is 1.16 bits per heavy atom. The van der Waals surface area contributed by atoms with Crippen molar-refractivity contribution in [3.63, 3.8) is 0 Å². The topological polar surface area (TPSA) is 75.9 Å². The third-order valence-corrected chi connectivity index (χ3v) is 5.33. The van der Waals surface area contributed by atoms with Crippen LogP contribution in [0.15, 0.2) is 42.1 Å². The number of amides is 1. The van der Waals surface area contributed by atoms with Gasteiger partial charge in [0.1, 0.15) is 29.0 Å². The number of carbonyl (C=O) groups is 1. The first kappa shape index (κ1) is 20.6. The number of para-hydroxylation sites is 1. The average Bonchev–Trinajstić information content (AvgIpc) is 3.12. The molecule has 160 valence electrons. The Kier molecular flexibility index (Phi) is 5.50. The van der Waals surface area contributed by atoms with E-state index < -0.39 is 23.2 Å². The van der Waals surface area contributed by atoms with Crippen molar-refractivity contribution >= 4 is 23.0 Å². The van der Waals surface area contributed by atoms with E-state index in [4.69, 9.17) is 0 Å². The second-order valence-corrected chi connectivity index (χ2v) is 7.48. The van der Waals surface area contributed by atoms with Gasteiger partial charge in [-0.2, -0.15) is 5.10 Å². The molecular weight excluding hydrogens is 402 g/mol. The highest BCUT2D eigenvalue weighted by Crippen LogP contribution is 2.29. The van der Waals surface area contributed by atoms with Crippen molar-refractivity contribution in [2.24, 2.45) is 7.05 Å². The molecule has 0 radical (unpaired) electrons. The number of hydrogen-bond donors (Lipinski definition) is 1. The summed E-state index contributed by atoms with van der Waals surface area (Å²) in [7, 11) is 1.74. The number of anilines is 2. The number of benzene rings is 1. The van der Waals surface area contributed by atoms with Gasteiger partial charge in [-0.15, -0.1) is 0 Å². The minimum atomic E-state index is -0.842. The van der Waals surface area contributed by atoms with Gasteiger partial charge in [-0.1, -0.05) is 11.6 Å². The second kappa shape index (κ2) is 8.25. The summed E-state index contributed by atoms with van der Waals surface area (Å²) in [5.74, 6) is -0.821. The molecule has 1 amide bonds. The minimum Gasteiger partial charge on any atom is -0.352 e. The number of aromatic nitrogens is 4. The molecule has 7 nitrogen and oxygen atoms in total. The third-order valence-electron chi connectivity index (χ3n) is 5.33. The highest BCUT2D eigenvalue weighted by atomic mass is 19.1. The van der Waals surface area contributed by atoms with Crippen molar-refractivity contribution in [1.82, 2.24) is 19.7 Å². The summed E-state index contributed by atoms with van der Waals surface area (Å²) >= 11 is 0. The average molecular weight is 424 g/mol. The molecule has 0 unspecified atom stereocenters. The van der Waals surface area contributed by atoms with Crippen LogP contribution in [0.2, 0.25) is 0 Å². The monoisotopic (exact) mass is 424 g/mol. The molecular formula is C22H22F2N6O. The van der Waals surface area contributed by atoms with Crippen molar-refractivity contribution in [1.29, 1.82) is 0 Å². The van der Waals surface area contributed by atoms with Crippen LogP contribution in [-0.2, 0) is 7.05 Å². The number of aryl methyl sites for hydroxylation is 2. The van der Waals surface area contributed by atoms with Crippen LogP contribution in [0.4, 0.5) is 20.3 Å². The summed E-state index contributed by atoms with van der Waals surface area (Å²) < 4.78 is 29.4. The standard InChI is InChI=1S/C22H22F2N6O/c1-13-8-10-30(20-7-9-25-14(2)26-20)12-15(13)19-11-18(28-29(19)3)22(31)27-21-16(23)5-4-6-17(21)24/h4-7,9,11H,8,10,12H2,1-3H3,(H,27,31). The molecule has 0 saturated heterocycles. The Bertz CT molecular complexity index is 1170. The maximum Gasteiger partial charge on any atom is 0.276 e. The van der Waals surface area contributed by atoms with Crippen LogP contribution >= 0.6 is 0 Å². The Hall–Kier alpha value is -3.62. The molecule has 9 heteroatoms. The molecule has 2 aromatic heterocycles. The summed E-state index contributed by atoms with van der Waals surface area (Å²) in [4.78, 5) is 23.4. The fourth-order valence-corrected chi connectivity index (χ4v) is 3.63. The number of hydrogen-bond acceptors (Lipinski definition) is 5. The maximum absolute atomic E-state index is 13.9.